The summed E-state index contributed by atoms with van der Waals surface area (Å²) in [6.07, 6.45) is 5.43. The quantitative estimate of drug-likeness (QED) is 0.783. The molecule has 2 aliphatic rings. The molecule has 0 spiro atoms. The summed E-state index contributed by atoms with van der Waals surface area (Å²) in [5.41, 5.74) is 3.03. The summed E-state index contributed by atoms with van der Waals surface area (Å²) in [5, 5.41) is 4.38. The van der Waals surface area contributed by atoms with E-state index in [9.17, 15) is 9.59 Å². The van der Waals surface area contributed by atoms with Crippen molar-refractivity contribution < 1.29 is 9.59 Å². The molecule has 0 bridgehead atoms. The second-order valence-electron chi connectivity index (χ2n) is 8.24. The van der Waals surface area contributed by atoms with Crippen molar-refractivity contribution >= 4 is 11.8 Å². The van der Waals surface area contributed by atoms with Crippen molar-refractivity contribution in [3.8, 4) is 0 Å². The molecule has 0 N–H and O–H groups in total. The molecule has 1 fully saturated rings. The Hall–Kier alpha value is -2.77. The molecular weight excluding hydrogens is 368 g/mol. The van der Waals surface area contributed by atoms with Gasteiger partial charge in [-0.1, -0.05) is 6.92 Å². The maximum Gasteiger partial charge on any atom is 0.227 e. The molecular formula is C21H28N6O2. The van der Waals surface area contributed by atoms with Crippen LogP contribution in [0.1, 0.15) is 49.0 Å². The third-order valence-electron chi connectivity index (χ3n) is 5.92. The normalized spacial score (nSPS) is 19.9. The largest absolute Gasteiger partial charge is 0.342 e. The van der Waals surface area contributed by atoms with Crippen LogP contribution in [0.15, 0.2) is 18.5 Å². The van der Waals surface area contributed by atoms with Gasteiger partial charge in [0.1, 0.15) is 5.82 Å². The van der Waals surface area contributed by atoms with E-state index in [0.29, 0.717) is 26.2 Å². The number of hydrogen-bond donors (Lipinski definition) is 0. The summed E-state index contributed by atoms with van der Waals surface area (Å²) in [7, 11) is 0. The molecule has 2 aromatic heterocycles. The zero-order valence-electron chi connectivity index (χ0n) is 17.3. The number of aryl methyl sites for hydroxylation is 1. The van der Waals surface area contributed by atoms with Crippen LogP contribution >= 0.6 is 0 Å². The van der Waals surface area contributed by atoms with Crippen molar-refractivity contribution in [1.82, 2.24) is 29.5 Å². The van der Waals surface area contributed by atoms with Gasteiger partial charge in [0.2, 0.25) is 11.8 Å². The van der Waals surface area contributed by atoms with E-state index in [1.54, 1.807) is 6.92 Å². The Balaban J connectivity index is 1.38. The van der Waals surface area contributed by atoms with Gasteiger partial charge in [0.15, 0.2) is 0 Å². The van der Waals surface area contributed by atoms with E-state index in [0.717, 1.165) is 42.2 Å². The molecule has 8 nitrogen and oxygen atoms in total. The predicted molar refractivity (Wildman–Crippen MR) is 107 cm³/mol. The lowest BCUT2D eigenvalue weighted by atomic mass is 10.0. The molecule has 4 heterocycles. The van der Waals surface area contributed by atoms with Crippen molar-refractivity contribution in [1.29, 1.82) is 0 Å². The highest BCUT2D eigenvalue weighted by Gasteiger charge is 2.32. The van der Waals surface area contributed by atoms with Gasteiger partial charge in [0.25, 0.3) is 0 Å². The van der Waals surface area contributed by atoms with E-state index in [2.05, 4.69) is 10.1 Å². The fourth-order valence-electron chi connectivity index (χ4n) is 4.20. The van der Waals surface area contributed by atoms with Crippen LogP contribution in [0.2, 0.25) is 0 Å². The smallest absolute Gasteiger partial charge is 0.227 e. The van der Waals surface area contributed by atoms with Gasteiger partial charge in [0.05, 0.1) is 23.9 Å². The highest BCUT2D eigenvalue weighted by atomic mass is 16.2. The van der Waals surface area contributed by atoms with Crippen LogP contribution in [0.25, 0.3) is 0 Å². The Labute approximate surface area is 170 Å². The van der Waals surface area contributed by atoms with Crippen LogP contribution in [0.3, 0.4) is 0 Å². The number of carbonyl (C=O) groups excluding carboxylic acids is 2. The topological polar surface area (TPSA) is 84.2 Å². The number of nitrogens with zero attached hydrogens (tertiary/aromatic N) is 6. The molecule has 0 saturated carbocycles. The van der Waals surface area contributed by atoms with Crippen molar-refractivity contribution in [2.45, 2.75) is 52.6 Å². The van der Waals surface area contributed by atoms with Crippen molar-refractivity contribution in [3.63, 3.8) is 0 Å². The molecule has 2 atom stereocenters. The average Bonchev–Trinajstić information content (AvgIpc) is 3.35. The number of rotatable bonds is 4. The van der Waals surface area contributed by atoms with Crippen LogP contribution in [0.4, 0.5) is 0 Å². The zero-order chi connectivity index (χ0) is 20.5. The monoisotopic (exact) mass is 396 g/mol. The minimum absolute atomic E-state index is 0.0871. The van der Waals surface area contributed by atoms with Gasteiger partial charge in [-0.2, -0.15) is 5.10 Å². The van der Waals surface area contributed by atoms with Gasteiger partial charge in [-0.15, -0.1) is 0 Å². The molecule has 154 valence electrons. The molecule has 8 heteroatoms. The van der Waals surface area contributed by atoms with Crippen LogP contribution < -0.4 is 0 Å². The number of amides is 2. The van der Waals surface area contributed by atoms with E-state index >= 15 is 0 Å². The fourth-order valence-corrected chi connectivity index (χ4v) is 4.20. The maximum absolute atomic E-state index is 12.9. The fraction of sp³-hybridized carbons (Fsp3) is 0.571. The molecule has 0 radical (unpaired) electrons. The lowest BCUT2D eigenvalue weighted by Crippen LogP contribution is -2.35. The molecule has 4 rings (SSSR count). The van der Waals surface area contributed by atoms with E-state index < -0.39 is 0 Å². The lowest BCUT2D eigenvalue weighted by molar-refractivity contribution is -0.134. The van der Waals surface area contributed by atoms with Crippen LogP contribution in [0, 0.1) is 12.8 Å². The van der Waals surface area contributed by atoms with Gasteiger partial charge in [-0.25, -0.2) is 9.97 Å². The van der Waals surface area contributed by atoms with Crippen LogP contribution in [0.5, 0.6) is 0 Å². The summed E-state index contributed by atoms with van der Waals surface area (Å²) in [6, 6.07) is 1.95. The maximum atomic E-state index is 12.9. The van der Waals surface area contributed by atoms with Gasteiger partial charge in [-0.3, -0.25) is 14.3 Å². The number of fused-ring (bicyclic) bond motifs is 1. The van der Waals surface area contributed by atoms with Crippen LogP contribution in [-0.2, 0) is 29.1 Å². The first-order chi connectivity index (χ1) is 13.9. The summed E-state index contributed by atoms with van der Waals surface area (Å²) >= 11 is 0. The van der Waals surface area contributed by atoms with Crippen molar-refractivity contribution in [2.24, 2.45) is 5.92 Å². The third kappa shape index (κ3) is 4.16. The van der Waals surface area contributed by atoms with Gasteiger partial charge in [0, 0.05) is 63.4 Å². The number of aromatic nitrogens is 4. The number of hydrogen-bond acceptors (Lipinski definition) is 5. The first-order valence-electron chi connectivity index (χ1n) is 10.3. The molecule has 29 heavy (non-hydrogen) atoms. The van der Waals surface area contributed by atoms with Crippen molar-refractivity contribution in [2.75, 3.05) is 19.6 Å². The molecule has 1 saturated heterocycles. The summed E-state index contributed by atoms with van der Waals surface area (Å²) in [4.78, 5) is 37.6. The van der Waals surface area contributed by atoms with E-state index in [4.69, 9.17) is 4.98 Å². The third-order valence-corrected chi connectivity index (χ3v) is 5.92. The minimum Gasteiger partial charge on any atom is -0.342 e. The van der Waals surface area contributed by atoms with Crippen LogP contribution in [-0.4, -0.2) is 61.0 Å². The van der Waals surface area contributed by atoms with Gasteiger partial charge in [-0.05, 0) is 19.4 Å². The first kappa shape index (κ1) is 19.5. The lowest BCUT2D eigenvalue weighted by Gasteiger charge is -2.27. The first-order valence-corrected chi connectivity index (χ1v) is 10.3. The highest BCUT2D eigenvalue weighted by molar-refractivity contribution is 5.78. The Kier molecular flexibility index (Phi) is 5.34. The minimum atomic E-state index is -0.116. The molecule has 0 aliphatic carbocycles. The second-order valence-corrected chi connectivity index (χ2v) is 8.24. The number of likely N-dealkylation sites (tertiary alicyclic amines) is 1. The SMILES string of the molecule is CC(=O)N1CCc2nc([C@H]3CCN(C(=O)[C@H](C)Cn4ccc(C)n4)C3)ncc2C1. The van der Waals surface area contributed by atoms with E-state index in [-0.39, 0.29) is 23.7 Å². The summed E-state index contributed by atoms with van der Waals surface area (Å²) in [6.45, 7) is 8.80. The second kappa shape index (κ2) is 7.93. The molecule has 2 aliphatic heterocycles. The Morgan fingerprint density at radius 1 is 1.28 bits per heavy atom. The molecule has 0 unspecified atom stereocenters. The Bertz CT molecular complexity index is 924. The zero-order valence-corrected chi connectivity index (χ0v) is 17.3. The standard InChI is InChI=1S/C21H28N6O2/c1-14(11-27-9-4-15(2)24-27)21(29)26-7-5-17(12-26)20-22-10-18-13-25(16(3)28)8-6-19(18)23-20/h4,9-10,14,17H,5-8,11-13H2,1-3H3/t14-,17+/m1/s1. The summed E-state index contributed by atoms with van der Waals surface area (Å²) < 4.78 is 1.84. The summed E-state index contributed by atoms with van der Waals surface area (Å²) in [5.74, 6) is 1.13. The predicted octanol–water partition coefficient (Wildman–Crippen LogP) is 1.54. The van der Waals surface area contributed by atoms with E-state index in [1.807, 2.05) is 46.8 Å². The van der Waals surface area contributed by atoms with Gasteiger partial charge >= 0.3 is 0 Å². The Morgan fingerprint density at radius 3 is 2.83 bits per heavy atom. The molecule has 2 aromatic rings. The molecule has 0 aromatic carbocycles. The van der Waals surface area contributed by atoms with Crippen molar-refractivity contribution in [3.05, 3.63) is 41.2 Å². The average molecular weight is 396 g/mol. The number of carbonyl (C=O) groups is 2. The molecule has 2 amide bonds. The van der Waals surface area contributed by atoms with Gasteiger partial charge < -0.3 is 9.80 Å². The van der Waals surface area contributed by atoms with E-state index in [1.165, 1.54) is 0 Å². The highest BCUT2D eigenvalue weighted by Crippen LogP contribution is 2.27. The Morgan fingerprint density at radius 2 is 2.10 bits per heavy atom.